The van der Waals surface area contributed by atoms with Crippen LogP contribution >= 0.6 is 0 Å². The molecule has 0 atom stereocenters. The Labute approximate surface area is 99.4 Å². The van der Waals surface area contributed by atoms with Gasteiger partial charge in [0.15, 0.2) is 0 Å². The van der Waals surface area contributed by atoms with Crippen LogP contribution in [0.3, 0.4) is 0 Å². The van der Waals surface area contributed by atoms with Crippen LogP contribution in [0.15, 0.2) is 48.2 Å². The highest BCUT2D eigenvalue weighted by molar-refractivity contribution is 5.91. The summed E-state index contributed by atoms with van der Waals surface area (Å²) >= 11 is 0. The lowest BCUT2D eigenvalue weighted by Gasteiger charge is -1.93. The third-order valence-corrected chi connectivity index (χ3v) is 2.09. The lowest BCUT2D eigenvalue weighted by Crippen LogP contribution is -1.96. The average Bonchev–Trinajstić information content (AvgIpc) is 2.69. The smallest absolute Gasteiger partial charge is 0.346 e. The van der Waals surface area contributed by atoms with Crippen molar-refractivity contribution in [3.8, 4) is 6.07 Å². The quantitative estimate of drug-likeness (QED) is 0.487. The molecule has 0 saturated carbocycles. The van der Waals surface area contributed by atoms with Gasteiger partial charge in [0, 0.05) is 18.9 Å². The SMILES string of the molecule is Cn1cccc1C=CC=CC=C(C#N)C(=O)O. The molecule has 0 unspecified atom stereocenters. The summed E-state index contributed by atoms with van der Waals surface area (Å²) in [5.74, 6) is -1.22. The van der Waals surface area contributed by atoms with Gasteiger partial charge in [0.25, 0.3) is 0 Å². The second-order valence-corrected chi connectivity index (χ2v) is 3.29. The van der Waals surface area contributed by atoms with E-state index in [0.717, 1.165) is 5.69 Å². The predicted octanol–water partition coefficient (Wildman–Crippen LogP) is 2.13. The number of aryl methyl sites for hydroxylation is 1. The zero-order valence-corrected chi connectivity index (χ0v) is 9.37. The van der Waals surface area contributed by atoms with E-state index in [1.165, 1.54) is 12.2 Å². The van der Waals surface area contributed by atoms with Gasteiger partial charge in [-0.3, -0.25) is 0 Å². The second kappa shape index (κ2) is 6.13. The molecule has 1 aromatic heterocycles. The minimum Gasteiger partial charge on any atom is -0.477 e. The van der Waals surface area contributed by atoms with Gasteiger partial charge < -0.3 is 9.67 Å². The molecule has 0 amide bonds. The molecule has 0 saturated heterocycles. The molecule has 0 bridgehead atoms. The van der Waals surface area contributed by atoms with Gasteiger partial charge in [0.05, 0.1) is 0 Å². The molecule has 0 aliphatic carbocycles. The standard InChI is InChI=1S/C13H12N2O2/c1-15-9-5-8-12(15)7-4-2-3-6-11(10-14)13(16)17/h2-9H,1H3,(H,16,17). The fourth-order valence-corrected chi connectivity index (χ4v) is 1.17. The third kappa shape index (κ3) is 3.84. The van der Waals surface area contributed by atoms with Crippen molar-refractivity contribution in [2.24, 2.45) is 7.05 Å². The predicted molar refractivity (Wildman–Crippen MR) is 64.9 cm³/mol. The molecule has 1 aromatic rings. The van der Waals surface area contributed by atoms with Gasteiger partial charge in [-0.05, 0) is 24.3 Å². The van der Waals surface area contributed by atoms with E-state index in [1.807, 2.05) is 36.0 Å². The number of carboxylic acids is 1. The number of carbonyl (C=O) groups is 1. The molecule has 0 aliphatic heterocycles. The van der Waals surface area contributed by atoms with Crippen molar-refractivity contribution >= 4 is 12.0 Å². The van der Waals surface area contributed by atoms with E-state index in [9.17, 15) is 4.79 Å². The van der Waals surface area contributed by atoms with E-state index < -0.39 is 5.97 Å². The highest BCUT2D eigenvalue weighted by Gasteiger charge is 2.01. The Balaban J connectivity index is 2.63. The number of carboxylic acid groups (broad SMARTS) is 1. The van der Waals surface area contributed by atoms with Gasteiger partial charge in [-0.2, -0.15) is 5.26 Å². The number of aromatic nitrogens is 1. The molecule has 1 N–H and O–H groups in total. The average molecular weight is 228 g/mol. The molecular weight excluding hydrogens is 216 g/mol. The molecule has 0 radical (unpaired) electrons. The highest BCUT2D eigenvalue weighted by Crippen LogP contribution is 2.02. The molecule has 0 spiro atoms. The van der Waals surface area contributed by atoms with Gasteiger partial charge in [0.1, 0.15) is 11.6 Å². The monoisotopic (exact) mass is 228 g/mol. The first-order valence-electron chi connectivity index (χ1n) is 4.95. The zero-order valence-electron chi connectivity index (χ0n) is 9.37. The Morgan fingerprint density at radius 2 is 2.24 bits per heavy atom. The number of hydrogen-bond donors (Lipinski definition) is 1. The van der Waals surface area contributed by atoms with Crippen molar-refractivity contribution in [2.75, 3.05) is 0 Å². The lowest BCUT2D eigenvalue weighted by atomic mass is 10.2. The van der Waals surface area contributed by atoms with Crippen LogP contribution in [0.4, 0.5) is 0 Å². The van der Waals surface area contributed by atoms with Crippen LogP contribution in [0.25, 0.3) is 6.08 Å². The summed E-state index contributed by atoms with van der Waals surface area (Å²) in [6.07, 6.45) is 10.1. The molecule has 0 fully saturated rings. The van der Waals surface area contributed by atoms with Crippen LogP contribution in [0.1, 0.15) is 5.69 Å². The van der Waals surface area contributed by atoms with E-state index in [-0.39, 0.29) is 5.57 Å². The molecule has 4 heteroatoms. The molecule has 17 heavy (non-hydrogen) atoms. The van der Waals surface area contributed by atoms with Gasteiger partial charge in [-0.1, -0.05) is 18.2 Å². The number of hydrogen-bond acceptors (Lipinski definition) is 2. The first-order chi connectivity index (χ1) is 8.15. The maximum absolute atomic E-state index is 10.5. The first-order valence-corrected chi connectivity index (χ1v) is 4.95. The summed E-state index contributed by atoms with van der Waals surface area (Å²) in [6, 6.07) is 5.49. The first kappa shape index (κ1) is 12.5. The minimum absolute atomic E-state index is 0.284. The van der Waals surface area contributed by atoms with Crippen LogP contribution < -0.4 is 0 Å². The van der Waals surface area contributed by atoms with Crippen molar-refractivity contribution in [3.63, 3.8) is 0 Å². The Bertz CT molecular complexity index is 528. The van der Waals surface area contributed by atoms with Gasteiger partial charge in [-0.25, -0.2) is 4.79 Å². The third-order valence-electron chi connectivity index (χ3n) is 2.09. The molecular formula is C13H12N2O2. The summed E-state index contributed by atoms with van der Waals surface area (Å²) in [5.41, 5.74) is 0.755. The zero-order chi connectivity index (χ0) is 12.7. The van der Waals surface area contributed by atoms with E-state index in [2.05, 4.69) is 0 Å². The fourth-order valence-electron chi connectivity index (χ4n) is 1.17. The van der Waals surface area contributed by atoms with E-state index >= 15 is 0 Å². The summed E-state index contributed by atoms with van der Waals surface area (Å²) in [5, 5.41) is 17.1. The van der Waals surface area contributed by atoms with Crippen molar-refractivity contribution in [2.45, 2.75) is 0 Å². The highest BCUT2D eigenvalue weighted by atomic mass is 16.4. The Hall–Kier alpha value is -2.54. The maximum atomic E-state index is 10.5. The molecule has 0 aliphatic rings. The molecule has 1 heterocycles. The van der Waals surface area contributed by atoms with Crippen molar-refractivity contribution < 1.29 is 9.90 Å². The van der Waals surface area contributed by atoms with Gasteiger partial charge in [-0.15, -0.1) is 0 Å². The summed E-state index contributed by atoms with van der Waals surface area (Å²) in [6.45, 7) is 0. The van der Waals surface area contributed by atoms with Gasteiger partial charge >= 0.3 is 5.97 Å². The molecule has 0 aromatic carbocycles. The van der Waals surface area contributed by atoms with Crippen molar-refractivity contribution in [1.82, 2.24) is 4.57 Å². The Morgan fingerprint density at radius 1 is 1.47 bits per heavy atom. The number of rotatable bonds is 4. The summed E-state index contributed by atoms with van der Waals surface area (Å²) in [7, 11) is 1.93. The second-order valence-electron chi connectivity index (χ2n) is 3.29. The molecule has 4 nitrogen and oxygen atoms in total. The largest absolute Gasteiger partial charge is 0.477 e. The number of nitrogens with zero attached hydrogens (tertiary/aromatic N) is 2. The molecule has 1 rings (SSSR count). The minimum atomic E-state index is -1.22. The van der Waals surface area contributed by atoms with Crippen LogP contribution in [-0.4, -0.2) is 15.6 Å². The normalized spacial score (nSPS) is 12.1. The van der Waals surface area contributed by atoms with Crippen LogP contribution in [-0.2, 0) is 11.8 Å². The number of aliphatic carboxylic acids is 1. The Morgan fingerprint density at radius 3 is 2.76 bits per heavy atom. The van der Waals surface area contributed by atoms with E-state index in [1.54, 1.807) is 18.2 Å². The van der Waals surface area contributed by atoms with E-state index in [0.29, 0.717) is 0 Å². The maximum Gasteiger partial charge on any atom is 0.346 e. The van der Waals surface area contributed by atoms with Crippen LogP contribution in [0.2, 0.25) is 0 Å². The van der Waals surface area contributed by atoms with E-state index in [4.69, 9.17) is 10.4 Å². The molecule has 86 valence electrons. The summed E-state index contributed by atoms with van der Waals surface area (Å²) in [4.78, 5) is 10.5. The fraction of sp³-hybridized carbons (Fsp3) is 0.0769. The number of allylic oxidation sites excluding steroid dienone is 4. The van der Waals surface area contributed by atoms with Crippen molar-refractivity contribution in [1.29, 1.82) is 5.26 Å². The number of nitriles is 1. The lowest BCUT2D eigenvalue weighted by molar-refractivity contribution is -0.132. The topological polar surface area (TPSA) is 66.0 Å². The van der Waals surface area contributed by atoms with Crippen molar-refractivity contribution in [3.05, 3.63) is 53.9 Å². The van der Waals surface area contributed by atoms with Crippen LogP contribution in [0, 0.1) is 11.3 Å². The van der Waals surface area contributed by atoms with Gasteiger partial charge in [0.2, 0.25) is 0 Å². The van der Waals surface area contributed by atoms with Crippen LogP contribution in [0.5, 0.6) is 0 Å². The summed E-state index contributed by atoms with van der Waals surface area (Å²) < 4.78 is 1.96. The Kier molecular flexibility index (Phi) is 4.52.